The van der Waals surface area contributed by atoms with E-state index in [2.05, 4.69) is 48.2 Å². The van der Waals surface area contributed by atoms with E-state index >= 15 is 0 Å². The normalized spacial score (nSPS) is 14.2. The highest BCUT2D eigenvalue weighted by molar-refractivity contribution is 6.25. The molecule has 0 spiro atoms. The summed E-state index contributed by atoms with van der Waals surface area (Å²) in [7, 11) is 7.20. The smallest absolute Gasteiger partial charge is 0.0308 e. The zero-order valence-corrected chi connectivity index (χ0v) is 8.00. The maximum Gasteiger partial charge on any atom is 0.0308 e. The van der Waals surface area contributed by atoms with Gasteiger partial charge in [0, 0.05) is 20.5 Å². The van der Waals surface area contributed by atoms with Gasteiger partial charge in [-0.15, -0.1) is 0 Å². The van der Waals surface area contributed by atoms with E-state index in [4.69, 9.17) is 0 Å². The molecule has 0 aliphatic carbocycles. The monoisotopic (exact) mass is 140 g/mol. The van der Waals surface area contributed by atoms with E-state index < -0.39 is 0 Å². The number of hydrogen-bond donors (Lipinski definition) is 0. The van der Waals surface area contributed by atoms with Crippen LogP contribution in [0.25, 0.3) is 0 Å². The van der Waals surface area contributed by atoms with Gasteiger partial charge in [-0.25, -0.2) is 0 Å². The van der Waals surface area contributed by atoms with Crippen molar-refractivity contribution in [1.29, 1.82) is 0 Å². The van der Waals surface area contributed by atoms with Crippen molar-refractivity contribution in [3.05, 3.63) is 0 Å². The summed E-state index contributed by atoms with van der Waals surface area (Å²) in [5.74, 6) is 0. The third-order valence-corrected chi connectivity index (χ3v) is 3.06. The molecule has 0 aromatic rings. The highest BCUT2D eigenvalue weighted by Gasteiger charge is 2.27. The van der Waals surface area contributed by atoms with Crippen molar-refractivity contribution in [3.63, 3.8) is 0 Å². The Morgan fingerprint density at radius 1 is 0.750 bits per heavy atom. The van der Waals surface area contributed by atoms with Crippen LogP contribution in [0.2, 0.25) is 10.1 Å². The lowest BCUT2D eigenvalue weighted by Gasteiger charge is -2.34. The van der Waals surface area contributed by atoms with Crippen molar-refractivity contribution in [2.24, 2.45) is 0 Å². The Morgan fingerprint density at radius 3 is 0.875 bits per heavy atom. The molecule has 0 heterocycles. The van der Waals surface area contributed by atoms with Crippen LogP contribution in [0.3, 0.4) is 0 Å². The summed E-state index contributed by atoms with van der Waals surface area (Å²) in [4.78, 5) is 0. The van der Waals surface area contributed by atoms with E-state index in [9.17, 15) is 0 Å². The summed E-state index contributed by atoms with van der Waals surface area (Å²) >= 11 is 0. The summed E-state index contributed by atoms with van der Waals surface area (Å²) in [5, 5.41) is 0.313. The fourth-order valence-corrected chi connectivity index (χ4v) is 0. The number of hydrogen-bond acceptors (Lipinski definition) is 0. The van der Waals surface area contributed by atoms with E-state index in [0.29, 0.717) is 0 Å². The van der Waals surface area contributed by atoms with Gasteiger partial charge in [0.2, 0.25) is 0 Å². The molecule has 8 heavy (non-hydrogen) atoms. The molecule has 0 saturated carbocycles. The Morgan fingerprint density at radius 2 is 0.875 bits per heavy atom. The largest absolute Gasteiger partial charge is 0.0629 e. The first-order valence-electron chi connectivity index (χ1n) is 2.75. The SMILES string of the molecule is CC(C)([Si])C(C)(C)[Si]. The Labute approximate surface area is 58.9 Å². The first-order chi connectivity index (χ1) is 3.25. The topological polar surface area (TPSA) is 0 Å². The molecule has 0 unspecified atom stereocenters. The van der Waals surface area contributed by atoms with Crippen molar-refractivity contribution >= 4 is 20.5 Å². The van der Waals surface area contributed by atoms with E-state index in [1.807, 2.05) is 0 Å². The van der Waals surface area contributed by atoms with Gasteiger partial charge in [-0.3, -0.25) is 0 Å². The lowest BCUT2D eigenvalue weighted by Crippen LogP contribution is -2.19. The van der Waals surface area contributed by atoms with Crippen molar-refractivity contribution in [2.45, 2.75) is 37.8 Å². The fraction of sp³-hybridized carbons (Fsp3) is 1.00. The molecule has 2 heteroatoms. The Bertz CT molecular complexity index is 61.5. The predicted molar refractivity (Wildman–Crippen MR) is 39.6 cm³/mol. The van der Waals surface area contributed by atoms with Gasteiger partial charge in [-0.1, -0.05) is 27.7 Å². The second-order valence-electron chi connectivity index (χ2n) is 3.25. The van der Waals surface area contributed by atoms with Crippen molar-refractivity contribution in [1.82, 2.24) is 0 Å². The van der Waals surface area contributed by atoms with Gasteiger partial charge < -0.3 is 0 Å². The Kier molecular flexibility index (Phi) is 2.10. The van der Waals surface area contributed by atoms with Gasteiger partial charge >= 0.3 is 0 Å². The summed E-state index contributed by atoms with van der Waals surface area (Å²) in [6.07, 6.45) is 0. The van der Waals surface area contributed by atoms with E-state index in [1.165, 1.54) is 0 Å². The van der Waals surface area contributed by atoms with Gasteiger partial charge in [0.05, 0.1) is 0 Å². The van der Waals surface area contributed by atoms with Crippen LogP contribution in [0.1, 0.15) is 27.7 Å². The molecule has 6 radical (unpaired) electrons. The molecule has 0 aliphatic rings. The van der Waals surface area contributed by atoms with Crippen LogP contribution in [0.5, 0.6) is 0 Å². The van der Waals surface area contributed by atoms with E-state index in [0.717, 1.165) is 0 Å². The molecule has 0 atom stereocenters. The summed E-state index contributed by atoms with van der Waals surface area (Å²) in [6, 6.07) is 0. The summed E-state index contributed by atoms with van der Waals surface area (Å²) in [5.41, 5.74) is 0. The number of rotatable bonds is 1. The van der Waals surface area contributed by atoms with Gasteiger partial charge in [-0.2, -0.15) is 0 Å². The maximum absolute atomic E-state index is 3.60. The highest BCUT2D eigenvalue weighted by Crippen LogP contribution is 2.44. The quantitative estimate of drug-likeness (QED) is 0.487. The second-order valence-corrected chi connectivity index (χ2v) is 5.75. The lowest BCUT2D eigenvalue weighted by molar-refractivity contribution is 0.504. The molecular weight excluding hydrogens is 128 g/mol. The Hall–Kier alpha value is 0.434. The van der Waals surface area contributed by atoms with Gasteiger partial charge in [0.15, 0.2) is 0 Å². The summed E-state index contributed by atoms with van der Waals surface area (Å²) in [6.45, 7) is 8.54. The van der Waals surface area contributed by atoms with Crippen LogP contribution >= 0.6 is 0 Å². The summed E-state index contributed by atoms with van der Waals surface area (Å²) < 4.78 is 0. The molecule has 0 fully saturated rings. The standard InChI is InChI=1S/C6H12Si2/c1-5(2,7)6(3,4)8/h1-4H3. The zero-order valence-electron chi connectivity index (χ0n) is 6.00. The van der Waals surface area contributed by atoms with E-state index in [1.54, 1.807) is 0 Å². The zero-order chi connectivity index (χ0) is 7.00. The lowest BCUT2D eigenvalue weighted by atomic mass is 9.98. The Balaban J connectivity index is 4.02. The van der Waals surface area contributed by atoms with Crippen molar-refractivity contribution in [3.8, 4) is 0 Å². The molecule has 0 aromatic carbocycles. The minimum atomic E-state index is 0.157. The van der Waals surface area contributed by atoms with Crippen LogP contribution in [0, 0.1) is 0 Å². The molecule has 0 aromatic heterocycles. The van der Waals surface area contributed by atoms with Crippen molar-refractivity contribution in [2.75, 3.05) is 0 Å². The second kappa shape index (κ2) is 1.99. The van der Waals surface area contributed by atoms with Crippen LogP contribution in [0.15, 0.2) is 0 Å². The van der Waals surface area contributed by atoms with Gasteiger partial charge in [0.1, 0.15) is 0 Å². The molecule has 0 amide bonds. The van der Waals surface area contributed by atoms with Crippen LogP contribution in [-0.4, -0.2) is 20.5 Å². The van der Waals surface area contributed by atoms with Gasteiger partial charge in [0.25, 0.3) is 0 Å². The molecule has 0 N–H and O–H groups in total. The van der Waals surface area contributed by atoms with Gasteiger partial charge in [-0.05, 0) is 10.1 Å². The van der Waals surface area contributed by atoms with Crippen LogP contribution in [0.4, 0.5) is 0 Å². The minimum Gasteiger partial charge on any atom is -0.0629 e. The molecule has 0 nitrogen and oxygen atoms in total. The first-order valence-corrected chi connectivity index (χ1v) is 3.75. The van der Waals surface area contributed by atoms with Crippen LogP contribution < -0.4 is 0 Å². The molecule has 0 rings (SSSR count). The van der Waals surface area contributed by atoms with Crippen molar-refractivity contribution < 1.29 is 0 Å². The molecular formula is C6H12Si2. The molecule has 44 valence electrons. The third-order valence-electron chi connectivity index (χ3n) is 1.56. The van der Waals surface area contributed by atoms with E-state index in [-0.39, 0.29) is 10.1 Å². The third kappa shape index (κ3) is 2.13. The first kappa shape index (κ1) is 8.43. The molecule has 0 bridgehead atoms. The highest BCUT2D eigenvalue weighted by atomic mass is 28.2. The average molecular weight is 140 g/mol. The van der Waals surface area contributed by atoms with Crippen LogP contribution in [-0.2, 0) is 0 Å². The minimum absolute atomic E-state index is 0.157. The maximum atomic E-state index is 3.60. The predicted octanol–water partition coefficient (Wildman–Crippen LogP) is 1.72. The molecule has 0 aliphatic heterocycles. The average Bonchev–Trinajstić information content (AvgIpc) is 1.25. The molecule has 0 saturated heterocycles. The fourth-order valence-electron chi connectivity index (χ4n) is 0.